The number of rotatable bonds is 4. The minimum Gasteiger partial charge on any atom is -0.397 e. The Morgan fingerprint density at radius 3 is 2.38 bits per heavy atom. The maximum atomic E-state index is 5.87. The summed E-state index contributed by atoms with van der Waals surface area (Å²) in [5.74, 6) is 0.916. The Balaban J connectivity index is 1.82. The van der Waals surface area contributed by atoms with Gasteiger partial charge >= 0.3 is 0 Å². The molecule has 3 rings (SSSR count). The summed E-state index contributed by atoms with van der Waals surface area (Å²) in [7, 11) is 0. The molecule has 3 nitrogen and oxygen atoms in total. The van der Waals surface area contributed by atoms with Crippen LogP contribution < -0.4 is 16.4 Å². The van der Waals surface area contributed by atoms with Crippen molar-refractivity contribution < 1.29 is 0 Å². The fraction of sp³-hybridized carbons (Fsp3) is 0.538. The summed E-state index contributed by atoms with van der Waals surface area (Å²) in [6.07, 6.45) is 5.45. The van der Waals surface area contributed by atoms with E-state index >= 15 is 0 Å². The lowest BCUT2D eigenvalue weighted by Gasteiger charge is -2.25. The second-order valence-electron chi connectivity index (χ2n) is 5.14. The molecule has 0 aliphatic heterocycles. The van der Waals surface area contributed by atoms with E-state index in [0.717, 1.165) is 12.0 Å². The Kier molecular flexibility index (Phi) is 2.20. The van der Waals surface area contributed by atoms with Gasteiger partial charge in [-0.25, -0.2) is 0 Å². The molecule has 2 fully saturated rings. The van der Waals surface area contributed by atoms with Crippen molar-refractivity contribution in [3.8, 4) is 0 Å². The summed E-state index contributed by atoms with van der Waals surface area (Å²) in [4.78, 5) is 2.52. The van der Waals surface area contributed by atoms with Crippen LogP contribution in [0.5, 0.6) is 0 Å². The summed E-state index contributed by atoms with van der Waals surface area (Å²) in [6.45, 7) is 1.20. The van der Waals surface area contributed by atoms with E-state index < -0.39 is 0 Å². The molecular weight excluding hydrogens is 198 g/mol. The summed E-state index contributed by atoms with van der Waals surface area (Å²) in [5.41, 5.74) is 14.3. The third-order valence-electron chi connectivity index (χ3n) is 3.54. The molecule has 3 heteroatoms. The van der Waals surface area contributed by atoms with Gasteiger partial charge in [0.15, 0.2) is 0 Å². The standard InChI is InChI=1S/C13H19N3/c14-12-6-5-11(7-13(12)15)16(10-3-4-10)8-9-1-2-9/h5-7,9-10H,1-4,8,14-15H2. The van der Waals surface area contributed by atoms with E-state index in [2.05, 4.69) is 11.0 Å². The van der Waals surface area contributed by atoms with Crippen LogP contribution in [-0.4, -0.2) is 12.6 Å². The van der Waals surface area contributed by atoms with Crippen molar-refractivity contribution in [1.29, 1.82) is 0 Å². The molecule has 4 N–H and O–H groups in total. The Labute approximate surface area is 96.4 Å². The number of hydrogen-bond acceptors (Lipinski definition) is 3. The first-order valence-electron chi connectivity index (χ1n) is 6.15. The molecule has 1 aromatic carbocycles. The van der Waals surface area contributed by atoms with Crippen molar-refractivity contribution in [1.82, 2.24) is 0 Å². The third kappa shape index (κ3) is 1.94. The highest BCUT2D eigenvalue weighted by Gasteiger charge is 2.33. The van der Waals surface area contributed by atoms with Gasteiger partial charge in [0, 0.05) is 18.3 Å². The van der Waals surface area contributed by atoms with Gasteiger partial charge in [-0.2, -0.15) is 0 Å². The minimum atomic E-state index is 0.686. The lowest BCUT2D eigenvalue weighted by atomic mass is 10.2. The zero-order chi connectivity index (χ0) is 11.1. The average Bonchev–Trinajstić information content (AvgIpc) is 3.13. The van der Waals surface area contributed by atoms with E-state index in [9.17, 15) is 0 Å². The number of hydrogen-bond donors (Lipinski definition) is 2. The van der Waals surface area contributed by atoms with Crippen molar-refractivity contribution in [3.63, 3.8) is 0 Å². The van der Waals surface area contributed by atoms with Crippen LogP contribution in [0.1, 0.15) is 25.7 Å². The van der Waals surface area contributed by atoms with E-state index in [4.69, 9.17) is 11.5 Å². The Hall–Kier alpha value is -1.38. The quantitative estimate of drug-likeness (QED) is 0.760. The van der Waals surface area contributed by atoms with Gasteiger partial charge in [-0.1, -0.05) is 0 Å². The number of anilines is 3. The second-order valence-corrected chi connectivity index (χ2v) is 5.14. The molecule has 0 saturated heterocycles. The number of nitrogens with two attached hydrogens (primary N) is 2. The van der Waals surface area contributed by atoms with Crippen molar-refractivity contribution in [2.75, 3.05) is 22.9 Å². The summed E-state index contributed by atoms with van der Waals surface area (Å²) in [6, 6.07) is 6.80. The molecule has 16 heavy (non-hydrogen) atoms. The molecule has 0 atom stereocenters. The average molecular weight is 217 g/mol. The zero-order valence-corrected chi connectivity index (χ0v) is 9.52. The SMILES string of the molecule is Nc1ccc(N(CC2CC2)C2CC2)cc1N. The first-order chi connectivity index (χ1) is 7.74. The molecule has 0 aromatic heterocycles. The normalized spacial score (nSPS) is 19.8. The highest BCUT2D eigenvalue weighted by Crippen LogP contribution is 2.38. The van der Waals surface area contributed by atoms with Crippen LogP contribution in [0, 0.1) is 5.92 Å². The van der Waals surface area contributed by atoms with Gasteiger partial charge in [-0.15, -0.1) is 0 Å². The van der Waals surface area contributed by atoms with Crippen LogP contribution in [0.3, 0.4) is 0 Å². The number of benzene rings is 1. The largest absolute Gasteiger partial charge is 0.397 e. The fourth-order valence-electron chi connectivity index (χ4n) is 2.17. The predicted molar refractivity (Wildman–Crippen MR) is 68.4 cm³/mol. The molecular formula is C13H19N3. The zero-order valence-electron chi connectivity index (χ0n) is 9.52. The van der Waals surface area contributed by atoms with E-state index in [0.29, 0.717) is 11.4 Å². The number of nitrogen functional groups attached to an aromatic ring is 2. The lowest BCUT2D eigenvalue weighted by Crippen LogP contribution is -2.28. The van der Waals surface area contributed by atoms with Gasteiger partial charge in [0.05, 0.1) is 11.4 Å². The van der Waals surface area contributed by atoms with E-state index in [1.807, 2.05) is 12.1 Å². The summed E-state index contributed by atoms with van der Waals surface area (Å²) in [5, 5.41) is 0. The van der Waals surface area contributed by atoms with Gasteiger partial charge in [-0.05, 0) is 49.8 Å². The molecule has 1 aromatic rings. The molecule has 0 bridgehead atoms. The molecule has 86 valence electrons. The summed E-state index contributed by atoms with van der Waals surface area (Å²) < 4.78 is 0. The van der Waals surface area contributed by atoms with Gasteiger partial charge in [0.1, 0.15) is 0 Å². The van der Waals surface area contributed by atoms with Crippen molar-refractivity contribution in [3.05, 3.63) is 18.2 Å². The van der Waals surface area contributed by atoms with E-state index in [-0.39, 0.29) is 0 Å². The van der Waals surface area contributed by atoms with Crippen LogP contribution in [-0.2, 0) is 0 Å². The van der Waals surface area contributed by atoms with Gasteiger partial charge in [-0.3, -0.25) is 0 Å². The Morgan fingerprint density at radius 2 is 1.81 bits per heavy atom. The van der Waals surface area contributed by atoms with E-state index in [1.54, 1.807) is 0 Å². The van der Waals surface area contributed by atoms with E-state index in [1.165, 1.54) is 37.9 Å². The molecule has 0 spiro atoms. The summed E-state index contributed by atoms with van der Waals surface area (Å²) >= 11 is 0. The van der Waals surface area contributed by atoms with Crippen LogP contribution in [0.4, 0.5) is 17.1 Å². The number of nitrogens with zero attached hydrogens (tertiary/aromatic N) is 1. The van der Waals surface area contributed by atoms with Crippen molar-refractivity contribution in [2.45, 2.75) is 31.7 Å². The monoisotopic (exact) mass is 217 g/mol. The highest BCUT2D eigenvalue weighted by atomic mass is 15.2. The predicted octanol–water partition coefficient (Wildman–Crippen LogP) is 2.23. The fourth-order valence-corrected chi connectivity index (χ4v) is 2.17. The van der Waals surface area contributed by atoms with Crippen LogP contribution in [0.2, 0.25) is 0 Å². The molecule has 2 aliphatic carbocycles. The molecule has 0 heterocycles. The van der Waals surface area contributed by atoms with Crippen LogP contribution >= 0.6 is 0 Å². The molecule has 2 saturated carbocycles. The van der Waals surface area contributed by atoms with Crippen LogP contribution in [0.15, 0.2) is 18.2 Å². The first kappa shape index (κ1) is 9.82. The van der Waals surface area contributed by atoms with Crippen molar-refractivity contribution in [2.24, 2.45) is 5.92 Å². The maximum Gasteiger partial charge on any atom is 0.0568 e. The minimum absolute atomic E-state index is 0.686. The highest BCUT2D eigenvalue weighted by molar-refractivity contribution is 5.70. The van der Waals surface area contributed by atoms with Crippen molar-refractivity contribution >= 4 is 17.1 Å². The van der Waals surface area contributed by atoms with Crippen LogP contribution in [0.25, 0.3) is 0 Å². The maximum absolute atomic E-state index is 5.87. The molecule has 2 aliphatic rings. The third-order valence-corrected chi connectivity index (χ3v) is 3.54. The topological polar surface area (TPSA) is 55.3 Å². The smallest absolute Gasteiger partial charge is 0.0568 e. The Morgan fingerprint density at radius 1 is 1.06 bits per heavy atom. The Bertz CT molecular complexity index is 394. The molecule has 0 radical (unpaired) electrons. The molecule has 0 unspecified atom stereocenters. The second kappa shape index (κ2) is 3.58. The van der Waals surface area contributed by atoms with Gasteiger partial charge in [0.25, 0.3) is 0 Å². The van der Waals surface area contributed by atoms with Gasteiger partial charge in [0.2, 0.25) is 0 Å². The van der Waals surface area contributed by atoms with Gasteiger partial charge < -0.3 is 16.4 Å². The first-order valence-corrected chi connectivity index (χ1v) is 6.15. The molecule has 0 amide bonds. The lowest BCUT2D eigenvalue weighted by molar-refractivity contribution is 0.719.